The van der Waals surface area contributed by atoms with E-state index in [1.54, 1.807) is 4.90 Å². The van der Waals surface area contributed by atoms with Crippen LogP contribution < -0.4 is 5.73 Å². The SMILES string of the molecule is CCC(CN)C(=O)N(C)Cc1ccc(C(C)(C)C)cc1. The molecule has 3 heteroatoms. The van der Waals surface area contributed by atoms with Crippen molar-refractivity contribution in [1.29, 1.82) is 0 Å². The lowest BCUT2D eigenvalue weighted by molar-refractivity contribution is -0.134. The first-order chi connectivity index (χ1) is 9.29. The van der Waals surface area contributed by atoms with Crippen LogP contribution in [-0.4, -0.2) is 24.4 Å². The van der Waals surface area contributed by atoms with Gasteiger partial charge in [-0.25, -0.2) is 0 Å². The molecule has 1 unspecified atom stereocenters. The molecular formula is C17H28N2O. The third-order valence-electron chi connectivity index (χ3n) is 3.74. The van der Waals surface area contributed by atoms with Crippen molar-refractivity contribution in [2.45, 2.75) is 46.1 Å². The molecule has 0 heterocycles. The van der Waals surface area contributed by atoms with E-state index in [1.807, 2.05) is 14.0 Å². The maximum Gasteiger partial charge on any atom is 0.226 e. The van der Waals surface area contributed by atoms with E-state index < -0.39 is 0 Å². The summed E-state index contributed by atoms with van der Waals surface area (Å²) in [5, 5.41) is 0. The number of nitrogens with zero attached hydrogens (tertiary/aromatic N) is 1. The predicted molar refractivity (Wildman–Crippen MR) is 84.5 cm³/mol. The lowest BCUT2D eigenvalue weighted by Crippen LogP contribution is -2.35. The van der Waals surface area contributed by atoms with Crippen molar-refractivity contribution in [2.24, 2.45) is 11.7 Å². The third kappa shape index (κ3) is 4.34. The second kappa shape index (κ2) is 6.89. The molecule has 0 bridgehead atoms. The first-order valence-electron chi connectivity index (χ1n) is 7.34. The Kier molecular flexibility index (Phi) is 5.75. The summed E-state index contributed by atoms with van der Waals surface area (Å²) < 4.78 is 0. The van der Waals surface area contributed by atoms with Crippen molar-refractivity contribution in [3.63, 3.8) is 0 Å². The normalized spacial score (nSPS) is 13.1. The maximum absolute atomic E-state index is 12.2. The zero-order valence-electron chi connectivity index (χ0n) is 13.4. The Morgan fingerprint density at radius 2 is 1.80 bits per heavy atom. The van der Waals surface area contributed by atoms with E-state index in [4.69, 9.17) is 5.73 Å². The molecule has 0 aliphatic heterocycles. The highest BCUT2D eigenvalue weighted by molar-refractivity contribution is 5.78. The number of carbonyl (C=O) groups is 1. The Hall–Kier alpha value is -1.35. The van der Waals surface area contributed by atoms with Gasteiger partial charge in [0.05, 0.1) is 5.92 Å². The number of carbonyl (C=O) groups excluding carboxylic acids is 1. The van der Waals surface area contributed by atoms with Crippen LogP contribution in [0.25, 0.3) is 0 Å². The minimum Gasteiger partial charge on any atom is -0.341 e. The maximum atomic E-state index is 12.2. The summed E-state index contributed by atoms with van der Waals surface area (Å²) in [6.45, 7) is 9.66. The van der Waals surface area contributed by atoms with E-state index in [0.717, 1.165) is 12.0 Å². The number of hydrogen-bond acceptors (Lipinski definition) is 2. The molecule has 2 N–H and O–H groups in total. The number of rotatable bonds is 5. The number of nitrogens with two attached hydrogens (primary N) is 1. The first kappa shape index (κ1) is 16.7. The molecule has 0 aliphatic carbocycles. The van der Waals surface area contributed by atoms with Crippen LogP contribution in [0, 0.1) is 5.92 Å². The summed E-state index contributed by atoms with van der Waals surface area (Å²) in [4.78, 5) is 14.0. The van der Waals surface area contributed by atoms with E-state index in [9.17, 15) is 4.79 Å². The van der Waals surface area contributed by atoms with Crippen LogP contribution >= 0.6 is 0 Å². The third-order valence-corrected chi connectivity index (χ3v) is 3.74. The summed E-state index contributed by atoms with van der Waals surface area (Å²) in [7, 11) is 1.85. The van der Waals surface area contributed by atoms with E-state index >= 15 is 0 Å². The number of hydrogen-bond donors (Lipinski definition) is 1. The van der Waals surface area contributed by atoms with Crippen molar-refractivity contribution in [1.82, 2.24) is 4.90 Å². The highest BCUT2D eigenvalue weighted by Gasteiger charge is 2.19. The second-order valence-electron chi connectivity index (χ2n) is 6.48. The minimum absolute atomic E-state index is 0.0613. The Morgan fingerprint density at radius 1 is 1.25 bits per heavy atom. The summed E-state index contributed by atoms with van der Waals surface area (Å²) in [6, 6.07) is 8.50. The van der Waals surface area contributed by atoms with E-state index in [2.05, 4.69) is 45.0 Å². The smallest absolute Gasteiger partial charge is 0.226 e. The summed E-state index contributed by atoms with van der Waals surface area (Å²) in [6.07, 6.45) is 0.794. The molecule has 1 rings (SSSR count). The van der Waals surface area contributed by atoms with Gasteiger partial charge in [-0.05, 0) is 23.0 Å². The van der Waals surface area contributed by atoms with Gasteiger partial charge < -0.3 is 10.6 Å². The van der Waals surface area contributed by atoms with Crippen LogP contribution in [0.1, 0.15) is 45.2 Å². The summed E-state index contributed by atoms with van der Waals surface area (Å²) >= 11 is 0. The van der Waals surface area contributed by atoms with Crippen molar-refractivity contribution < 1.29 is 4.79 Å². The van der Waals surface area contributed by atoms with E-state index in [-0.39, 0.29) is 17.2 Å². The summed E-state index contributed by atoms with van der Waals surface area (Å²) in [5.74, 6) is 0.0729. The molecule has 0 radical (unpaired) electrons. The summed E-state index contributed by atoms with van der Waals surface area (Å²) in [5.41, 5.74) is 8.26. The van der Waals surface area contributed by atoms with Gasteiger partial charge >= 0.3 is 0 Å². The molecule has 112 valence electrons. The minimum atomic E-state index is -0.0613. The lowest BCUT2D eigenvalue weighted by Gasteiger charge is -2.23. The van der Waals surface area contributed by atoms with Crippen molar-refractivity contribution in [3.8, 4) is 0 Å². The van der Waals surface area contributed by atoms with Gasteiger partial charge in [0.15, 0.2) is 0 Å². The predicted octanol–water partition coefficient (Wildman–Crippen LogP) is 2.93. The monoisotopic (exact) mass is 276 g/mol. The van der Waals surface area contributed by atoms with Gasteiger partial charge in [0.2, 0.25) is 5.91 Å². The van der Waals surface area contributed by atoms with Gasteiger partial charge in [0.25, 0.3) is 0 Å². The van der Waals surface area contributed by atoms with Crippen molar-refractivity contribution in [3.05, 3.63) is 35.4 Å². The Balaban J connectivity index is 2.71. The Bertz CT molecular complexity index is 427. The fraction of sp³-hybridized carbons (Fsp3) is 0.588. The van der Waals surface area contributed by atoms with Crippen molar-refractivity contribution in [2.75, 3.05) is 13.6 Å². The molecule has 0 aliphatic rings. The Labute approximate surface area is 123 Å². The largest absolute Gasteiger partial charge is 0.341 e. The molecule has 0 fully saturated rings. The average molecular weight is 276 g/mol. The zero-order valence-corrected chi connectivity index (χ0v) is 13.4. The standard InChI is InChI=1S/C17H28N2O/c1-6-14(11-18)16(20)19(5)12-13-7-9-15(10-8-13)17(2,3)4/h7-10,14H,6,11-12,18H2,1-5H3. The van der Waals surface area contributed by atoms with Crippen LogP contribution in [0.4, 0.5) is 0 Å². The quantitative estimate of drug-likeness (QED) is 0.899. The van der Waals surface area contributed by atoms with Crippen molar-refractivity contribution >= 4 is 5.91 Å². The molecule has 0 saturated heterocycles. The number of amides is 1. The van der Waals surface area contributed by atoms with E-state index in [1.165, 1.54) is 5.56 Å². The van der Waals surface area contributed by atoms with Crippen LogP contribution in [0.15, 0.2) is 24.3 Å². The van der Waals surface area contributed by atoms with Gasteiger partial charge in [-0.3, -0.25) is 4.79 Å². The average Bonchev–Trinajstić information content (AvgIpc) is 2.39. The van der Waals surface area contributed by atoms with Crippen LogP contribution in [0.2, 0.25) is 0 Å². The molecule has 1 aromatic rings. The van der Waals surface area contributed by atoms with E-state index in [0.29, 0.717) is 13.1 Å². The lowest BCUT2D eigenvalue weighted by atomic mass is 9.87. The molecule has 0 spiro atoms. The Morgan fingerprint density at radius 3 is 2.20 bits per heavy atom. The fourth-order valence-electron chi connectivity index (χ4n) is 2.22. The molecular weight excluding hydrogens is 248 g/mol. The topological polar surface area (TPSA) is 46.3 Å². The molecule has 1 amide bonds. The van der Waals surface area contributed by atoms with Gasteiger partial charge in [-0.15, -0.1) is 0 Å². The molecule has 0 saturated carbocycles. The molecule has 3 nitrogen and oxygen atoms in total. The van der Waals surface area contributed by atoms with Gasteiger partial charge in [0, 0.05) is 20.1 Å². The van der Waals surface area contributed by atoms with Gasteiger partial charge in [-0.1, -0.05) is 52.0 Å². The van der Waals surface area contributed by atoms with Gasteiger partial charge in [0.1, 0.15) is 0 Å². The molecule has 1 atom stereocenters. The molecule has 20 heavy (non-hydrogen) atoms. The van der Waals surface area contributed by atoms with Crippen LogP contribution in [0.3, 0.4) is 0 Å². The zero-order chi connectivity index (χ0) is 15.3. The molecule has 1 aromatic carbocycles. The fourth-order valence-corrected chi connectivity index (χ4v) is 2.22. The highest BCUT2D eigenvalue weighted by Crippen LogP contribution is 2.22. The second-order valence-corrected chi connectivity index (χ2v) is 6.48. The van der Waals surface area contributed by atoms with Crippen LogP contribution in [-0.2, 0) is 16.8 Å². The van der Waals surface area contributed by atoms with Gasteiger partial charge in [-0.2, -0.15) is 0 Å². The van der Waals surface area contributed by atoms with Crippen LogP contribution in [0.5, 0.6) is 0 Å². The highest BCUT2D eigenvalue weighted by atomic mass is 16.2. The first-order valence-corrected chi connectivity index (χ1v) is 7.34. The molecule has 0 aromatic heterocycles. The number of benzene rings is 1.